The number of carbonyl (C=O) groups excluding carboxylic acids is 1. The van der Waals surface area contributed by atoms with Gasteiger partial charge in [-0.2, -0.15) is 0 Å². The van der Waals surface area contributed by atoms with Crippen molar-refractivity contribution in [3.05, 3.63) is 29.3 Å². The molecule has 0 heterocycles. The molecule has 1 rings (SSSR count). The van der Waals surface area contributed by atoms with Crippen molar-refractivity contribution in [2.45, 2.75) is 11.8 Å². The smallest absolute Gasteiger partial charge is 0.339 e. The van der Waals surface area contributed by atoms with Crippen molar-refractivity contribution in [2.24, 2.45) is 0 Å². The molecular weight excluding hydrogens is 228 g/mol. The van der Waals surface area contributed by atoms with E-state index >= 15 is 0 Å². The molecule has 0 amide bonds. The van der Waals surface area contributed by atoms with Crippen LogP contribution in [0, 0.1) is 0 Å². The van der Waals surface area contributed by atoms with Crippen molar-refractivity contribution in [1.82, 2.24) is 0 Å². The Kier molecular flexibility index (Phi) is 4.37. The van der Waals surface area contributed by atoms with Crippen LogP contribution >= 0.6 is 11.8 Å². The molecule has 1 aromatic carbocycles. The highest BCUT2D eigenvalue weighted by Crippen LogP contribution is 2.20. The molecule has 0 bridgehead atoms. The van der Waals surface area contributed by atoms with Crippen molar-refractivity contribution in [2.75, 3.05) is 12.9 Å². The van der Waals surface area contributed by atoms with Gasteiger partial charge in [0.15, 0.2) is 0 Å². The molecule has 86 valence electrons. The van der Waals surface area contributed by atoms with Gasteiger partial charge in [-0.1, -0.05) is 0 Å². The van der Waals surface area contributed by atoms with Gasteiger partial charge in [0.25, 0.3) is 0 Å². The van der Waals surface area contributed by atoms with E-state index in [0.29, 0.717) is 0 Å². The van der Waals surface area contributed by atoms with Crippen molar-refractivity contribution in [1.29, 1.82) is 0 Å². The first-order chi connectivity index (χ1) is 7.60. The summed E-state index contributed by atoms with van der Waals surface area (Å²) in [6.07, 6.45) is 1.85. The molecule has 5 heteroatoms. The van der Waals surface area contributed by atoms with E-state index in [1.54, 1.807) is 13.0 Å². The van der Waals surface area contributed by atoms with Gasteiger partial charge in [0, 0.05) is 4.90 Å². The lowest BCUT2D eigenvalue weighted by atomic mass is 10.1. The van der Waals surface area contributed by atoms with Crippen LogP contribution in [0.4, 0.5) is 0 Å². The van der Waals surface area contributed by atoms with Gasteiger partial charge in [-0.25, -0.2) is 9.59 Å². The topological polar surface area (TPSA) is 63.6 Å². The zero-order chi connectivity index (χ0) is 12.1. The predicted molar refractivity (Wildman–Crippen MR) is 61.1 cm³/mol. The van der Waals surface area contributed by atoms with Gasteiger partial charge in [-0.15, -0.1) is 11.8 Å². The molecule has 0 unspecified atom stereocenters. The number of esters is 1. The van der Waals surface area contributed by atoms with Crippen molar-refractivity contribution in [3.63, 3.8) is 0 Å². The van der Waals surface area contributed by atoms with Crippen molar-refractivity contribution < 1.29 is 19.4 Å². The van der Waals surface area contributed by atoms with Crippen molar-refractivity contribution >= 4 is 23.7 Å². The number of hydrogen-bond donors (Lipinski definition) is 1. The lowest BCUT2D eigenvalue weighted by Gasteiger charge is -2.07. The quantitative estimate of drug-likeness (QED) is 0.646. The summed E-state index contributed by atoms with van der Waals surface area (Å²) in [6, 6.07) is 4.61. The van der Waals surface area contributed by atoms with Gasteiger partial charge in [-0.3, -0.25) is 0 Å². The van der Waals surface area contributed by atoms with Crippen LogP contribution in [0.25, 0.3) is 0 Å². The van der Waals surface area contributed by atoms with E-state index in [2.05, 4.69) is 0 Å². The van der Waals surface area contributed by atoms with Crippen LogP contribution in [0.15, 0.2) is 23.1 Å². The molecule has 0 saturated carbocycles. The van der Waals surface area contributed by atoms with Crippen LogP contribution in [0.1, 0.15) is 27.6 Å². The molecule has 0 saturated heterocycles. The number of benzene rings is 1. The van der Waals surface area contributed by atoms with Crippen LogP contribution < -0.4 is 0 Å². The van der Waals surface area contributed by atoms with E-state index in [9.17, 15) is 9.59 Å². The lowest BCUT2D eigenvalue weighted by Crippen LogP contribution is -2.11. The number of carbonyl (C=O) groups is 2. The lowest BCUT2D eigenvalue weighted by molar-refractivity contribution is 0.0514. The second-order valence-electron chi connectivity index (χ2n) is 2.94. The van der Waals surface area contributed by atoms with E-state index in [0.717, 1.165) is 4.90 Å². The summed E-state index contributed by atoms with van der Waals surface area (Å²) in [6.45, 7) is 1.90. The van der Waals surface area contributed by atoms with Gasteiger partial charge in [0.05, 0.1) is 17.7 Å². The van der Waals surface area contributed by atoms with Crippen LogP contribution in [0.5, 0.6) is 0 Å². The summed E-state index contributed by atoms with van der Waals surface area (Å²) >= 11 is 1.44. The SMILES string of the molecule is CCOC(=O)c1cc(SC)ccc1C(=O)O. The molecule has 1 N–H and O–H groups in total. The fourth-order valence-electron chi connectivity index (χ4n) is 1.21. The third-order valence-electron chi connectivity index (χ3n) is 1.95. The molecular formula is C11H12O4S. The molecule has 0 fully saturated rings. The van der Waals surface area contributed by atoms with E-state index < -0.39 is 11.9 Å². The standard InChI is InChI=1S/C11H12O4S/c1-3-15-11(14)9-6-7(16-2)4-5-8(9)10(12)13/h4-6H,3H2,1-2H3,(H,12,13). The summed E-state index contributed by atoms with van der Waals surface area (Å²) in [5.74, 6) is -1.73. The molecule has 0 aromatic heterocycles. The molecule has 0 spiro atoms. The van der Waals surface area contributed by atoms with Crippen LogP contribution in [-0.2, 0) is 4.74 Å². The number of aromatic carboxylic acids is 1. The Bertz CT molecular complexity index is 414. The van der Waals surface area contributed by atoms with E-state index in [1.807, 2.05) is 6.26 Å². The zero-order valence-electron chi connectivity index (χ0n) is 9.02. The van der Waals surface area contributed by atoms with Gasteiger partial charge in [0.1, 0.15) is 0 Å². The summed E-state index contributed by atoms with van der Waals surface area (Å²) < 4.78 is 4.81. The number of ether oxygens (including phenoxy) is 1. The van der Waals surface area contributed by atoms with Crippen LogP contribution in [-0.4, -0.2) is 29.9 Å². The van der Waals surface area contributed by atoms with E-state index in [1.165, 1.54) is 23.9 Å². The minimum absolute atomic E-state index is 0.0312. The van der Waals surface area contributed by atoms with Gasteiger partial charge >= 0.3 is 11.9 Å². The minimum atomic E-state index is -1.13. The van der Waals surface area contributed by atoms with Gasteiger partial charge in [-0.05, 0) is 31.4 Å². The summed E-state index contributed by atoms with van der Waals surface area (Å²) in [4.78, 5) is 23.3. The summed E-state index contributed by atoms with van der Waals surface area (Å²) in [7, 11) is 0. The average molecular weight is 240 g/mol. The fourth-order valence-corrected chi connectivity index (χ4v) is 1.65. The third kappa shape index (κ3) is 2.76. The van der Waals surface area contributed by atoms with E-state index in [-0.39, 0.29) is 17.7 Å². The number of thioether (sulfide) groups is 1. The number of carboxylic acids is 1. The Morgan fingerprint density at radius 1 is 1.38 bits per heavy atom. The highest BCUT2D eigenvalue weighted by molar-refractivity contribution is 7.98. The maximum Gasteiger partial charge on any atom is 0.339 e. The monoisotopic (exact) mass is 240 g/mol. The largest absolute Gasteiger partial charge is 0.478 e. The fraction of sp³-hybridized carbons (Fsp3) is 0.273. The Hall–Kier alpha value is -1.49. The summed E-state index contributed by atoms with van der Waals surface area (Å²) in [5.41, 5.74) is 0.0671. The second kappa shape index (κ2) is 5.55. The number of hydrogen-bond acceptors (Lipinski definition) is 4. The molecule has 4 nitrogen and oxygen atoms in total. The average Bonchev–Trinajstić information content (AvgIpc) is 2.28. The van der Waals surface area contributed by atoms with Crippen molar-refractivity contribution in [3.8, 4) is 0 Å². The highest BCUT2D eigenvalue weighted by Gasteiger charge is 2.17. The zero-order valence-corrected chi connectivity index (χ0v) is 9.84. The molecule has 16 heavy (non-hydrogen) atoms. The Morgan fingerprint density at radius 2 is 2.06 bits per heavy atom. The molecule has 0 radical (unpaired) electrons. The summed E-state index contributed by atoms with van der Waals surface area (Å²) in [5, 5.41) is 8.93. The normalized spacial score (nSPS) is 9.88. The highest BCUT2D eigenvalue weighted by atomic mass is 32.2. The maximum absolute atomic E-state index is 11.5. The van der Waals surface area contributed by atoms with Crippen LogP contribution in [0.3, 0.4) is 0 Å². The Morgan fingerprint density at radius 3 is 2.56 bits per heavy atom. The first kappa shape index (κ1) is 12.6. The second-order valence-corrected chi connectivity index (χ2v) is 3.82. The molecule has 0 aliphatic rings. The van der Waals surface area contributed by atoms with Gasteiger partial charge in [0.2, 0.25) is 0 Å². The Labute approximate surface area is 97.6 Å². The Balaban J connectivity index is 3.20. The first-order valence-electron chi connectivity index (χ1n) is 4.68. The van der Waals surface area contributed by atoms with E-state index in [4.69, 9.17) is 9.84 Å². The number of carboxylic acid groups (broad SMARTS) is 1. The number of rotatable bonds is 4. The predicted octanol–water partition coefficient (Wildman–Crippen LogP) is 2.28. The minimum Gasteiger partial charge on any atom is -0.478 e. The van der Waals surface area contributed by atoms with Gasteiger partial charge < -0.3 is 9.84 Å². The molecule has 0 aliphatic carbocycles. The molecule has 1 aromatic rings. The van der Waals surface area contributed by atoms with Crippen LogP contribution in [0.2, 0.25) is 0 Å². The first-order valence-corrected chi connectivity index (χ1v) is 5.91. The maximum atomic E-state index is 11.5. The molecule has 0 aliphatic heterocycles. The third-order valence-corrected chi connectivity index (χ3v) is 2.68. The molecule has 0 atom stereocenters.